The van der Waals surface area contributed by atoms with Crippen molar-refractivity contribution in [3.63, 3.8) is 0 Å². The normalized spacial score (nSPS) is 11.8. The number of halogens is 5. The smallest absolute Gasteiger partial charge is 0.207 e. The van der Waals surface area contributed by atoms with Gasteiger partial charge in [-0.15, -0.1) is 0 Å². The molecule has 0 saturated carbocycles. The fourth-order valence-electron chi connectivity index (χ4n) is 0.729. The zero-order valence-corrected chi connectivity index (χ0v) is 10.9. The van der Waals surface area contributed by atoms with Gasteiger partial charge in [0.15, 0.2) is 11.6 Å². The lowest BCUT2D eigenvalue weighted by Crippen LogP contribution is -1.99. The molecular weight excluding hydrogens is 369 g/mol. The zero-order valence-electron chi connectivity index (χ0n) is 6.19. The monoisotopic (exact) mass is 368 g/mol. The SMILES string of the molecule is O=S(=O)(Cl)c1cc(Br)c(F)c(Br)c1F. The Balaban J connectivity index is 3.66. The van der Waals surface area contributed by atoms with E-state index in [4.69, 9.17) is 10.7 Å². The number of hydrogen-bond donors (Lipinski definition) is 0. The molecule has 0 aliphatic rings. The summed E-state index contributed by atoms with van der Waals surface area (Å²) in [5.74, 6) is -2.17. The van der Waals surface area contributed by atoms with Crippen molar-refractivity contribution in [2.75, 3.05) is 0 Å². The van der Waals surface area contributed by atoms with Gasteiger partial charge in [0.1, 0.15) is 4.90 Å². The molecule has 0 amide bonds. The minimum Gasteiger partial charge on any atom is -0.207 e. The predicted molar refractivity (Wildman–Crippen MR) is 54.8 cm³/mol. The molecule has 1 rings (SSSR count). The third-order valence-corrected chi connectivity index (χ3v) is 3.93. The summed E-state index contributed by atoms with van der Waals surface area (Å²) in [6.07, 6.45) is 0. The highest BCUT2D eigenvalue weighted by atomic mass is 79.9. The average Bonchev–Trinajstić information content (AvgIpc) is 2.06. The summed E-state index contributed by atoms with van der Waals surface area (Å²) in [6.45, 7) is 0. The van der Waals surface area contributed by atoms with Crippen LogP contribution in [0.15, 0.2) is 19.9 Å². The van der Waals surface area contributed by atoms with E-state index in [1.165, 1.54) is 0 Å². The predicted octanol–water partition coefficient (Wildman–Crippen LogP) is 3.42. The molecule has 0 atom stereocenters. The number of hydrogen-bond acceptors (Lipinski definition) is 2. The second-order valence-corrected chi connectivity index (χ2v) is 6.42. The Morgan fingerprint density at radius 1 is 1.21 bits per heavy atom. The molecule has 0 saturated heterocycles. The molecule has 0 heterocycles. The molecule has 0 bridgehead atoms. The van der Waals surface area contributed by atoms with Crippen molar-refractivity contribution in [3.8, 4) is 0 Å². The van der Waals surface area contributed by atoms with E-state index < -0.39 is 30.1 Å². The van der Waals surface area contributed by atoms with Crippen molar-refractivity contribution < 1.29 is 17.2 Å². The van der Waals surface area contributed by atoms with Gasteiger partial charge in [-0.05, 0) is 37.9 Å². The Kier molecular flexibility index (Phi) is 3.56. The van der Waals surface area contributed by atoms with Crippen LogP contribution in [0.1, 0.15) is 0 Å². The summed E-state index contributed by atoms with van der Waals surface area (Å²) in [5, 5.41) is 0. The van der Waals surface area contributed by atoms with Crippen molar-refractivity contribution in [1.29, 1.82) is 0 Å². The topological polar surface area (TPSA) is 34.1 Å². The first-order chi connectivity index (χ1) is 6.25. The highest BCUT2D eigenvalue weighted by Crippen LogP contribution is 2.32. The lowest BCUT2D eigenvalue weighted by Gasteiger charge is -2.03. The summed E-state index contributed by atoms with van der Waals surface area (Å²) >= 11 is 5.30. The molecule has 14 heavy (non-hydrogen) atoms. The van der Waals surface area contributed by atoms with Crippen molar-refractivity contribution in [3.05, 3.63) is 26.6 Å². The largest absolute Gasteiger partial charge is 0.264 e. The molecule has 0 N–H and O–H groups in total. The van der Waals surface area contributed by atoms with E-state index in [0.717, 1.165) is 6.07 Å². The van der Waals surface area contributed by atoms with Crippen LogP contribution in [0.2, 0.25) is 0 Å². The molecule has 0 spiro atoms. The fourth-order valence-corrected chi connectivity index (χ4v) is 3.04. The van der Waals surface area contributed by atoms with Crippen LogP contribution in [0.5, 0.6) is 0 Å². The van der Waals surface area contributed by atoms with Gasteiger partial charge in [-0.3, -0.25) is 0 Å². The number of rotatable bonds is 1. The van der Waals surface area contributed by atoms with Crippen LogP contribution in [0.3, 0.4) is 0 Å². The molecule has 0 fully saturated rings. The van der Waals surface area contributed by atoms with E-state index in [1.54, 1.807) is 0 Å². The van der Waals surface area contributed by atoms with E-state index in [9.17, 15) is 17.2 Å². The maximum atomic E-state index is 13.2. The van der Waals surface area contributed by atoms with Crippen LogP contribution in [-0.4, -0.2) is 8.42 Å². The second-order valence-electron chi connectivity index (χ2n) is 2.24. The van der Waals surface area contributed by atoms with Gasteiger partial charge in [-0.1, -0.05) is 0 Å². The quantitative estimate of drug-likeness (QED) is 0.431. The van der Waals surface area contributed by atoms with Crippen LogP contribution in [0.25, 0.3) is 0 Å². The first kappa shape index (κ1) is 12.4. The summed E-state index contributed by atoms with van der Waals surface area (Å²) in [7, 11) is 0.704. The van der Waals surface area contributed by atoms with E-state index in [1.807, 2.05) is 0 Å². The van der Waals surface area contributed by atoms with Crippen LogP contribution in [0, 0.1) is 11.6 Å². The van der Waals surface area contributed by atoms with Crippen LogP contribution in [-0.2, 0) is 9.05 Å². The molecule has 0 aliphatic carbocycles. The highest BCUT2D eigenvalue weighted by molar-refractivity contribution is 9.11. The van der Waals surface area contributed by atoms with Gasteiger partial charge in [0.25, 0.3) is 9.05 Å². The van der Waals surface area contributed by atoms with Crippen LogP contribution in [0.4, 0.5) is 8.78 Å². The summed E-state index contributed by atoms with van der Waals surface area (Å²) in [4.78, 5) is -0.778. The second kappa shape index (κ2) is 4.03. The van der Waals surface area contributed by atoms with Crippen molar-refractivity contribution in [2.24, 2.45) is 0 Å². The lowest BCUT2D eigenvalue weighted by atomic mass is 10.3. The molecule has 1 aromatic rings. The molecule has 0 aliphatic heterocycles. The molecule has 78 valence electrons. The van der Waals surface area contributed by atoms with Gasteiger partial charge >= 0.3 is 0 Å². The molecule has 2 nitrogen and oxygen atoms in total. The van der Waals surface area contributed by atoms with E-state index in [2.05, 4.69) is 31.9 Å². The Hall–Kier alpha value is 0.280. The third kappa shape index (κ3) is 2.26. The van der Waals surface area contributed by atoms with Crippen molar-refractivity contribution in [2.45, 2.75) is 4.90 Å². The minimum atomic E-state index is -4.22. The fraction of sp³-hybridized carbons (Fsp3) is 0. The van der Waals surface area contributed by atoms with Crippen LogP contribution < -0.4 is 0 Å². The summed E-state index contributed by atoms with van der Waals surface area (Å²) < 4.78 is 47.0. The Labute approximate surface area is 99.9 Å². The molecular formula is C6HBr2ClF2O2S. The highest BCUT2D eigenvalue weighted by Gasteiger charge is 2.23. The first-order valence-electron chi connectivity index (χ1n) is 3.03. The average molecular weight is 370 g/mol. The Bertz CT molecular complexity index is 489. The molecule has 8 heteroatoms. The van der Waals surface area contributed by atoms with E-state index in [-0.39, 0.29) is 4.47 Å². The van der Waals surface area contributed by atoms with Gasteiger partial charge in [0, 0.05) is 10.7 Å². The minimum absolute atomic E-state index is 0.190. The molecule has 0 radical (unpaired) electrons. The van der Waals surface area contributed by atoms with Crippen molar-refractivity contribution in [1.82, 2.24) is 0 Å². The zero-order chi connectivity index (χ0) is 11.1. The maximum Gasteiger partial charge on any atom is 0.264 e. The first-order valence-corrected chi connectivity index (χ1v) is 6.92. The Morgan fingerprint density at radius 3 is 2.14 bits per heavy atom. The summed E-state index contributed by atoms with van der Waals surface area (Å²) in [5.41, 5.74) is 0. The third-order valence-electron chi connectivity index (χ3n) is 1.33. The van der Waals surface area contributed by atoms with E-state index in [0.29, 0.717) is 0 Å². The summed E-state index contributed by atoms with van der Waals surface area (Å²) in [6, 6.07) is 0.762. The van der Waals surface area contributed by atoms with Gasteiger partial charge in [0.2, 0.25) is 0 Å². The molecule has 0 aromatic heterocycles. The van der Waals surface area contributed by atoms with Gasteiger partial charge < -0.3 is 0 Å². The van der Waals surface area contributed by atoms with Gasteiger partial charge in [-0.2, -0.15) is 0 Å². The van der Waals surface area contributed by atoms with Crippen LogP contribution >= 0.6 is 42.5 Å². The van der Waals surface area contributed by atoms with E-state index >= 15 is 0 Å². The molecule has 1 aromatic carbocycles. The van der Waals surface area contributed by atoms with Gasteiger partial charge in [-0.25, -0.2) is 17.2 Å². The van der Waals surface area contributed by atoms with Gasteiger partial charge in [0.05, 0.1) is 8.95 Å². The van der Waals surface area contributed by atoms with Crippen molar-refractivity contribution >= 4 is 51.6 Å². The maximum absolute atomic E-state index is 13.2. The standard InChI is InChI=1S/C6HBr2ClF2O2S/c7-2-1-3(14(9,12)13)6(11)4(8)5(2)10/h1H. The number of benzene rings is 1. The lowest BCUT2D eigenvalue weighted by molar-refractivity contribution is 0.541. The Morgan fingerprint density at radius 2 is 1.71 bits per heavy atom. The molecule has 0 unspecified atom stereocenters.